The smallest absolute Gasteiger partial charge is 0.307 e. The van der Waals surface area contributed by atoms with Crippen LogP contribution in [0, 0.1) is 0 Å². The number of hydrogen-bond acceptors (Lipinski definition) is 5. The maximum Gasteiger partial charge on any atom is 0.307 e. The molecule has 0 aliphatic carbocycles. The fourth-order valence-corrected chi connectivity index (χ4v) is 4.99. The van der Waals surface area contributed by atoms with Crippen LogP contribution in [0.3, 0.4) is 0 Å². The highest BCUT2D eigenvalue weighted by atomic mass is 28.4. The number of nitrogens with zero attached hydrogens (tertiary/aromatic N) is 1. The van der Waals surface area contributed by atoms with Crippen LogP contribution in [0.15, 0.2) is 0 Å². The molecule has 0 N–H and O–H groups in total. The van der Waals surface area contributed by atoms with Crippen molar-refractivity contribution in [2.24, 2.45) is 0 Å². The van der Waals surface area contributed by atoms with Gasteiger partial charge in [-0.1, -0.05) is 41.5 Å². The van der Waals surface area contributed by atoms with E-state index < -0.39 is 16.6 Å². The summed E-state index contributed by atoms with van der Waals surface area (Å²) in [4.78, 5) is 12.0. The molecule has 1 aliphatic rings. The normalized spacial score (nSPS) is 23.3. The van der Waals surface area contributed by atoms with Gasteiger partial charge in [0, 0.05) is 6.54 Å². The average molecular weight is 404 g/mol. The average Bonchev–Trinajstić information content (AvgIpc) is 2.77. The molecule has 1 saturated heterocycles. The Morgan fingerprint density at radius 3 is 1.92 bits per heavy atom. The van der Waals surface area contributed by atoms with Crippen molar-refractivity contribution in [3.8, 4) is 0 Å². The van der Waals surface area contributed by atoms with Crippen LogP contribution >= 0.6 is 0 Å². The Labute approximate surface area is 163 Å². The van der Waals surface area contributed by atoms with Crippen LogP contribution in [0.5, 0.6) is 0 Å². The largest absolute Gasteiger partial charge is 0.469 e. The zero-order valence-electron chi connectivity index (χ0n) is 18.9. The quantitative estimate of drug-likeness (QED) is 0.464. The Balaban J connectivity index is 3.02. The van der Waals surface area contributed by atoms with Crippen LogP contribution in [0.1, 0.15) is 54.4 Å². The first-order chi connectivity index (χ1) is 11.5. The van der Waals surface area contributed by atoms with Gasteiger partial charge in [0.1, 0.15) is 0 Å². The van der Waals surface area contributed by atoms with Crippen molar-refractivity contribution in [2.45, 2.75) is 103 Å². The predicted octanol–water partition coefficient (Wildman–Crippen LogP) is 4.95. The van der Waals surface area contributed by atoms with Crippen molar-refractivity contribution < 1.29 is 18.5 Å². The van der Waals surface area contributed by atoms with Gasteiger partial charge in [0.15, 0.2) is 8.32 Å². The molecular formula is C19H41NO4Si2. The number of ether oxygens (including phenoxy) is 1. The Morgan fingerprint density at radius 2 is 1.50 bits per heavy atom. The van der Waals surface area contributed by atoms with E-state index >= 15 is 0 Å². The topological polar surface area (TPSA) is 48.0 Å². The molecule has 0 amide bonds. The fourth-order valence-electron chi connectivity index (χ4n) is 2.52. The lowest BCUT2D eigenvalue weighted by Crippen LogP contribution is -2.52. The first kappa shape index (κ1) is 23.8. The standard InChI is InChI=1S/C19H41NO4Si2/c1-18(2,3)25(8,9)23-16-12-13-20(15(16)14-17(21)22-7)24-26(10,11)19(4,5)6/h15-16H,12-14H2,1-11H3/t15-,16+/m0/s1. The highest BCUT2D eigenvalue weighted by Crippen LogP contribution is 2.42. The summed E-state index contributed by atoms with van der Waals surface area (Å²) < 4.78 is 18.2. The summed E-state index contributed by atoms with van der Waals surface area (Å²) in [6, 6.07) is -0.0781. The van der Waals surface area contributed by atoms with Crippen LogP contribution in [-0.2, 0) is 18.5 Å². The van der Waals surface area contributed by atoms with Gasteiger partial charge < -0.3 is 13.7 Å². The first-order valence-corrected chi connectivity index (χ1v) is 15.5. The van der Waals surface area contributed by atoms with E-state index in [9.17, 15) is 4.79 Å². The van der Waals surface area contributed by atoms with E-state index in [2.05, 4.69) is 67.7 Å². The van der Waals surface area contributed by atoms with Gasteiger partial charge in [-0.05, 0) is 42.7 Å². The second kappa shape index (κ2) is 8.03. The third kappa shape index (κ3) is 5.64. The Kier molecular flexibility index (Phi) is 7.36. The zero-order valence-corrected chi connectivity index (χ0v) is 20.9. The van der Waals surface area contributed by atoms with Crippen LogP contribution in [0.25, 0.3) is 0 Å². The van der Waals surface area contributed by atoms with Crippen LogP contribution < -0.4 is 0 Å². The molecule has 26 heavy (non-hydrogen) atoms. The Morgan fingerprint density at radius 1 is 1.00 bits per heavy atom. The van der Waals surface area contributed by atoms with E-state index in [1.54, 1.807) is 0 Å². The van der Waals surface area contributed by atoms with Crippen LogP contribution in [0.4, 0.5) is 0 Å². The summed E-state index contributed by atoms with van der Waals surface area (Å²) in [6.45, 7) is 23.2. The van der Waals surface area contributed by atoms with Crippen molar-refractivity contribution in [1.82, 2.24) is 5.06 Å². The molecule has 0 aromatic heterocycles. The highest BCUT2D eigenvalue weighted by molar-refractivity contribution is 6.74. The van der Waals surface area contributed by atoms with Gasteiger partial charge >= 0.3 is 5.97 Å². The SMILES string of the molecule is COC(=O)C[C@H]1[C@H](O[Si](C)(C)C(C)(C)C)CCN1O[Si](C)(C)C(C)(C)C. The van der Waals surface area contributed by atoms with Crippen LogP contribution in [-0.4, -0.2) is 53.5 Å². The summed E-state index contributed by atoms with van der Waals surface area (Å²) in [6.07, 6.45) is 1.22. The Hall–Kier alpha value is -0.216. The minimum atomic E-state index is -1.97. The summed E-state index contributed by atoms with van der Waals surface area (Å²) in [5, 5.41) is 2.28. The molecule has 0 radical (unpaired) electrons. The van der Waals surface area contributed by atoms with Gasteiger partial charge in [-0.3, -0.25) is 4.79 Å². The van der Waals surface area contributed by atoms with E-state index in [-0.39, 0.29) is 28.2 Å². The number of hydrogen-bond donors (Lipinski definition) is 0. The van der Waals surface area contributed by atoms with Crippen molar-refractivity contribution in [1.29, 1.82) is 0 Å². The number of carbonyl (C=O) groups excluding carboxylic acids is 1. The maximum absolute atomic E-state index is 12.0. The summed E-state index contributed by atoms with van der Waals surface area (Å²) in [5.74, 6) is -0.204. The van der Waals surface area contributed by atoms with Gasteiger partial charge in [-0.25, -0.2) is 0 Å². The van der Waals surface area contributed by atoms with E-state index in [1.807, 2.05) is 5.06 Å². The molecule has 0 unspecified atom stereocenters. The molecule has 0 spiro atoms. The molecule has 0 bridgehead atoms. The number of hydroxylamine groups is 2. The van der Waals surface area contributed by atoms with Crippen molar-refractivity contribution in [3.63, 3.8) is 0 Å². The number of carbonyl (C=O) groups is 1. The van der Waals surface area contributed by atoms with Gasteiger partial charge in [-0.15, -0.1) is 0 Å². The van der Waals surface area contributed by atoms with Crippen molar-refractivity contribution in [2.75, 3.05) is 13.7 Å². The zero-order chi connectivity index (χ0) is 20.6. The molecule has 2 atom stereocenters. The van der Waals surface area contributed by atoms with E-state index in [1.165, 1.54) is 7.11 Å². The summed E-state index contributed by atoms with van der Waals surface area (Å²) in [5.41, 5.74) is 0. The maximum atomic E-state index is 12.0. The molecular weight excluding hydrogens is 362 g/mol. The van der Waals surface area contributed by atoms with Crippen molar-refractivity contribution in [3.05, 3.63) is 0 Å². The van der Waals surface area contributed by atoms with Gasteiger partial charge in [0.05, 0.1) is 25.7 Å². The molecule has 0 aromatic rings. The number of rotatable bonds is 6. The van der Waals surface area contributed by atoms with E-state index in [0.29, 0.717) is 6.42 Å². The molecule has 0 saturated carbocycles. The molecule has 5 nitrogen and oxygen atoms in total. The molecule has 0 aromatic carbocycles. The van der Waals surface area contributed by atoms with Gasteiger partial charge in [0.25, 0.3) is 0 Å². The molecule has 1 rings (SSSR count). The molecule has 1 aliphatic heterocycles. The fraction of sp³-hybridized carbons (Fsp3) is 0.947. The van der Waals surface area contributed by atoms with E-state index in [0.717, 1.165) is 13.0 Å². The predicted molar refractivity (Wildman–Crippen MR) is 112 cm³/mol. The molecule has 1 heterocycles. The van der Waals surface area contributed by atoms with Crippen molar-refractivity contribution >= 4 is 22.6 Å². The molecule has 154 valence electrons. The molecule has 7 heteroatoms. The number of esters is 1. The Bertz CT molecular complexity index is 459. The third-order valence-electron chi connectivity index (χ3n) is 6.44. The van der Waals surface area contributed by atoms with Gasteiger partial charge in [-0.2, -0.15) is 5.06 Å². The summed E-state index contributed by atoms with van der Waals surface area (Å²) >= 11 is 0. The first-order valence-electron chi connectivity index (χ1n) is 9.72. The minimum Gasteiger partial charge on any atom is -0.469 e. The molecule has 1 fully saturated rings. The summed E-state index contributed by atoms with van der Waals surface area (Å²) in [7, 11) is -2.44. The third-order valence-corrected chi connectivity index (χ3v) is 15.2. The second-order valence-corrected chi connectivity index (χ2v) is 20.0. The van der Waals surface area contributed by atoms with Crippen LogP contribution in [0.2, 0.25) is 36.3 Å². The van der Waals surface area contributed by atoms with E-state index in [4.69, 9.17) is 13.7 Å². The minimum absolute atomic E-state index is 0.0137. The van der Waals surface area contributed by atoms with Gasteiger partial charge in [0.2, 0.25) is 8.32 Å². The lowest BCUT2D eigenvalue weighted by molar-refractivity contribution is -0.149. The second-order valence-electron chi connectivity index (χ2n) is 10.5. The number of methoxy groups -OCH3 is 1. The highest BCUT2D eigenvalue weighted by Gasteiger charge is 2.48. The lowest BCUT2D eigenvalue weighted by Gasteiger charge is -2.42. The monoisotopic (exact) mass is 403 g/mol. The lowest BCUT2D eigenvalue weighted by atomic mass is 10.1.